The van der Waals surface area contributed by atoms with Gasteiger partial charge in [0.2, 0.25) is 0 Å². The molecule has 0 atom stereocenters. The summed E-state index contributed by atoms with van der Waals surface area (Å²) in [6.45, 7) is 0. The Morgan fingerprint density at radius 1 is 0.368 bits per heavy atom. The molecule has 0 fully saturated rings. The number of fused-ring (bicyclic) bond motifs is 10. The van der Waals surface area contributed by atoms with Crippen molar-refractivity contribution in [1.82, 2.24) is 24.1 Å². The van der Waals surface area contributed by atoms with Crippen LogP contribution in [-0.4, -0.2) is 24.1 Å². The molecule has 12 rings (SSSR count). The maximum atomic E-state index is 5.04. The Balaban J connectivity index is 1.12. The topological polar surface area (TPSA) is 48.5 Å². The van der Waals surface area contributed by atoms with Crippen molar-refractivity contribution in [3.8, 4) is 45.5 Å². The van der Waals surface area contributed by atoms with Crippen LogP contribution in [0.3, 0.4) is 0 Å². The molecule has 5 nitrogen and oxygen atoms in total. The number of aromatic nitrogens is 5. The van der Waals surface area contributed by atoms with Gasteiger partial charge in [-0.3, -0.25) is 0 Å². The molecule has 0 saturated heterocycles. The second-order valence-electron chi connectivity index (χ2n) is 14.4. The number of hydrogen-bond donors (Lipinski definition) is 0. The van der Waals surface area contributed by atoms with Crippen LogP contribution < -0.4 is 0 Å². The Labute approximate surface area is 331 Å². The summed E-state index contributed by atoms with van der Waals surface area (Å²) in [5.41, 5.74) is 9.91. The fourth-order valence-corrected chi connectivity index (χ4v) is 9.95. The standard InChI is InChI=1S/C51H31N5S/c1-4-15-32(16-5-1)49-52-50(33-17-6-2-7-18-33)54-51(53-49)34-27-28-38-39-29-30-43-46(48(39)57-45(38)31-34)40-23-14-26-44(47(40)55(43)35-19-8-3-9-20-35)56-41-24-12-10-21-36(41)37-22-11-13-25-42(37)56/h1-31H. The van der Waals surface area contributed by atoms with Crippen molar-refractivity contribution in [3.63, 3.8) is 0 Å². The molecule has 6 heteroatoms. The molecule has 0 aliphatic rings. The molecule has 266 valence electrons. The smallest absolute Gasteiger partial charge is 0.164 e. The lowest BCUT2D eigenvalue weighted by Gasteiger charge is -2.14. The monoisotopic (exact) mass is 745 g/mol. The van der Waals surface area contributed by atoms with Crippen molar-refractivity contribution in [2.45, 2.75) is 0 Å². The quantitative estimate of drug-likeness (QED) is 0.176. The van der Waals surface area contributed by atoms with E-state index in [1.54, 1.807) is 0 Å². The summed E-state index contributed by atoms with van der Waals surface area (Å²) in [6, 6.07) is 66.6. The zero-order chi connectivity index (χ0) is 37.5. The van der Waals surface area contributed by atoms with E-state index in [0.717, 1.165) is 28.1 Å². The molecule has 0 N–H and O–H groups in total. The van der Waals surface area contributed by atoms with Gasteiger partial charge < -0.3 is 9.13 Å². The number of para-hydroxylation sites is 4. The van der Waals surface area contributed by atoms with E-state index in [9.17, 15) is 0 Å². The fraction of sp³-hybridized carbons (Fsp3) is 0. The summed E-state index contributed by atoms with van der Waals surface area (Å²) in [6.07, 6.45) is 0. The summed E-state index contributed by atoms with van der Waals surface area (Å²) in [5.74, 6) is 1.97. The first-order valence-corrected chi connectivity index (χ1v) is 19.9. The maximum Gasteiger partial charge on any atom is 0.164 e. The third-order valence-electron chi connectivity index (χ3n) is 11.2. The Kier molecular flexibility index (Phi) is 7.03. The SMILES string of the molecule is c1ccc(-c2nc(-c3ccccc3)nc(-c3ccc4c(c3)sc3c4ccc4c3c3cccc(-n5c6ccccc6c6ccccc65)c3n4-c3ccccc3)n2)cc1. The molecule has 0 aliphatic carbocycles. The first kappa shape index (κ1) is 31.9. The largest absolute Gasteiger partial charge is 0.307 e. The Morgan fingerprint density at radius 2 is 0.912 bits per heavy atom. The van der Waals surface area contributed by atoms with Gasteiger partial charge in [0.05, 0.1) is 27.8 Å². The molecule has 4 aromatic heterocycles. The van der Waals surface area contributed by atoms with E-state index in [2.05, 4.69) is 137 Å². The van der Waals surface area contributed by atoms with E-state index in [4.69, 9.17) is 15.0 Å². The van der Waals surface area contributed by atoms with Crippen LogP contribution in [0.5, 0.6) is 0 Å². The molecule has 0 aliphatic heterocycles. The Hall–Kier alpha value is -7.41. The highest BCUT2D eigenvalue weighted by Gasteiger charge is 2.23. The molecule has 4 heterocycles. The Morgan fingerprint density at radius 3 is 1.56 bits per heavy atom. The van der Waals surface area contributed by atoms with Crippen LogP contribution in [0.4, 0.5) is 0 Å². The van der Waals surface area contributed by atoms with Crippen molar-refractivity contribution < 1.29 is 0 Å². The highest BCUT2D eigenvalue weighted by atomic mass is 32.1. The predicted molar refractivity (Wildman–Crippen MR) is 238 cm³/mol. The number of nitrogens with zero attached hydrogens (tertiary/aromatic N) is 5. The number of rotatable bonds is 5. The average molecular weight is 746 g/mol. The van der Waals surface area contributed by atoms with Crippen molar-refractivity contribution in [2.75, 3.05) is 0 Å². The minimum absolute atomic E-state index is 0.656. The van der Waals surface area contributed by atoms with Gasteiger partial charge in [-0.05, 0) is 42.5 Å². The third-order valence-corrected chi connectivity index (χ3v) is 12.3. The summed E-state index contributed by atoms with van der Waals surface area (Å²) in [5, 5.41) is 7.45. The molecule has 0 unspecified atom stereocenters. The van der Waals surface area contributed by atoms with E-state index in [1.165, 1.54) is 63.8 Å². The van der Waals surface area contributed by atoms with E-state index in [0.29, 0.717) is 17.5 Å². The zero-order valence-corrected chi connectivity index (χ0v) is 31.4. The van der Waals surface area contributed by atoms with Gasteiger partial charge in [0.25, 0.3) is 0 Å². The van der Waals surface area contributed by atoms with Crippen LogP contribution in [0, 0.1) is 0 Å². The lowest BCUT2D eigenvalue weighted by Crippen LogP contribution is -2.00. The second kappa shape index (κ2) is 12.6. The number of thiophene rings is 1. The number of benzene rings is 8. The molecular formula is C51H31N5S. The van der Waals surface area contributed by atoms with E-state index in [1.807, 2.05) is 72.0 Å². The Bertz CT molecular complexity index is 3400. The van der Waals surface area contributed by atoms with Gasteiger partial charge in [-0.1, -0.05) is 146 Å². The molecular weight excluding hydrogens is 715 g/mol. The average Bonchev–Trinajstić information content (AvgIpc) is 3.95. The van der Waals surface area contributed by atoms with E-state index >= 15 is 0 Å². The summed E-state index contributed by atoms with van der Waals surface area (Å²) in [7, 11) is 0. The van der Waals surface area contributed by atoms with Crippen LogP contribution >= 0.6 is 11.3 Å². The van der Waals surface area contributed by atoms with Crippen molar-refractivity contribution in [3.05, 3.63) is 188 Å². The first-order valence-electron chi connectivity index (χ1n) is 19.1. The zero-order valence-electron chi connectivity index (χ0n) is 30.5. The highest BCUT2D eigenvalue weighted by Crippen LogP contribution is 2.46. The van der Waals surface area contributed by atoms with Gasteiger partial charge in [0.1, 0.15) is 0 Å². The molecule has 0 bridgehead atoms. The van der Waals surface area contributed by atoms with Gasteiger partial charge in [0, 0.05) is 64.1 Å². The molecule has 0 saturated carbocycles. The fourth-order valence-electron chi connectivity index (χ4n) is 8.65. The van der Waals surface area contributed by atoms with Crippen molar-refractivity contribution in [2.24, 2.45) is 0 Å². The van der Waals surface area contributed by atoms with Crippen LogP contribution in [0.1, 0.15) is 0 Å². The van der Waals surface area contributed by atoms with Gasteiger partial charge in [0.15, 0.2) is 17.5 Å². The molecule has 0 radical (unpaired) electrons. The summed E-state index contributed by atoms with van der Waals surface area (Å²) < 4.78 is 7.36. The molecule has 12 aromatic rings. The predicted octanol–water partition coefficient (Wildman–Crippen LogP) is 13.4. The lowest BCUT2D eigenvalue weighted by atomic mass is 10.1. The minimum atomic E-state index is 0.656. The summed E-state index contributed by atoms with van der Waals surface area (Å²) >= 11 is 1.84. The van der Waals surface area contributed by atoms with Crippen LogP contribution in [0.25, 0.3) is 109 Å². The van der Waals surface area contributed by atoms with Crippen molar-refractivity contribution in [1.29, 1.82) is 0 Å². The number of hydrogen-bond acceptors (Lipinski definition) is 4. The van der Waals surface area contributed by atoms with Crippen LogP contribution in [0.15, 0.2) is 188 Å². The summed E-state index contributed by atoms with van der Waals surface area (Å²) in [4.78, 5) is 15.0. The normalized spacial score (nSPS) is 11.9. The molecule has 8 aromatic carbocycles. The lowest BCUT2D eigenvalue weighted by molar-refractivity contribution is 1.07. The second-order valence-corrected chi connectivity index (χ2v) is 15.5. The van der Waals surface area contributed by atoms with Gasteiger partial charge in [-0.2, -0.15) is 0 Å². The van der Waals surface area contributed by atoms with E-state index in [-0.39, 0.29) is 0 Å². The van der Waals surface area contributed by atoms with Gasteiger partial charge in [-0.25, -0.2) is 15.0 Å². The first-order chi connectivity index (χ1) is 28.3. The third kappa shape index (κ3) is 4.91. The maximum absolute atomic E-state index is 5.04. The van der Waals surface area contributed by atoms with E-state index < -0.39 is 0 Å². The van der Waals surface area contributed by atoms with Crippen LogP contribution in [0.2, 0.25) is 0 Å². The van der Waals surface area contributed by atoms with Crippen LogP contribution in [-0.2, 0) is 0 Å². The van der Waals surface area contributed by atoms with Crippen molar-refractivity contribution >= 4 is 75.1 Å². The highest BCUT2D eigenvalue weighted by molar-refractivity contribution is 7.26. The minimum Gasteiger partial charge on any atom is -0.307 e. The molecule has 0 spiro atoms. The molecule has 57 heavy (non-hydrogen) atoms. The van der Waals surface area contributed by atoms with Gasteiger partial charge in [-0.15, -0.1) is 11.3 Å². The molecule has 0 amide bonds. The van der Waals surface area contributed by atoms with Gasteiger partial charge >= 0.3 is 0 Å².